The molecule has 0 saturated carbocycles. The maximum Gasteiger partial charge on any atom is 0.254 e. The zero-order valence-electron chi connectivity index (χ0n) is 16.0. The summed E-state index contributed by atoms with van der Waals surface area (Å²) in [6, 6.07) is 13.4. The summed E-state index contributed by atoms with van der Waals surface area (Å²) < 4.78 is 29.6. The van der Waals surface area contributed by atoms with E-state index in [2.05, 4.69) is 10.1 Å². The molecule has 0 radical (unpaired) electrons. The molecular formula is C19H19ClN4O4S. The van der Waals surface area contributed by atoms with Crippen molar-refractivity contribution in [3.05, 3.63) is 65.0 Å². The Morgan fingerprint density at radius 2 is 1.76 bits per heavy atom. The Morgan fingerprint density at radius 3 is 2.38 bits per heavy atom. The molecule has 8 nitrogen and oxygen atoms in total. The highest BCUT2D eigenvalue weighted by Gasteiger charge is 2.18. The van der Waals surface area contributed by atoms with Crippen LogP contribution in [0.5, 0.6) is 0 Å². The molecule has 1 amide bonds. The molecule has 3 aromatic rings. The molecule has 0 bridgehead atoms. The Kier molecular flexibility index (Phi) is 5.90. The minimum absolute atomic E-state index is 0.112. The second-order valence-electron chi connectivity index (χ2n) is 6.43. The Bertz CT molecular complexity index is 1130. The first-order valence-corrected chi connectivity index (χ1v) is 10.8. The third kappa shape index (κ3) is 4.75. The fraction of sp³-hybridized carbons (Fsp3) is 0.211. The molecule has 0 fully saturated rings. The molecular weight excluding hydrogens is 416 g/mol. The first-order chi connectivity index (χ1) is 13.7. The molecule has 0 atom stereocenters. The average molecular weight is 435 g/mol. The molecule has 0 saturated heterocycles. The van der Waals surface area contributed by atoms with E-state index in [4.69, 9.17) is 16.1 Å². The van der Waals surface area contributed by atoms with Gasteiger partial charge in [0.05, 0.1) is 23.5 Å². The highest BCUT2D eigenvalue weighted by molar-refractivity contribution is 7.92. The molecule has 29 heavy (non-hydrogen) atoms. The number of rotatable bonds is 6. The fourth-order valence-electron chi connectivity index (χ4n) is 2.57. The van der Waals surface area contributed by atoms with Gasteiger partial charge in [0, 0.05) is 25.2 Å². The van der Waals surface area contributed by atoms with Gasteiger partial charge in [-0.15, -0.1) is 0 Å². The lowest BCUT2D eigenvalue weighted by Gasteiger charge is -2.18. The van der Waals surface area contributed by atoms with Crippen molar-refractivity contribution in [2.75, 3.05) is 24.7 Å². The van der Waals surface area contributed by atoms with Crippen LogP contribution < -0.4 is 4.31 Å². The van der Waals surface area contributed by atoms with Gasteiger partial charge in [0.15, 0.2) is 0 Å². The van der Waals surface area contributed by atoms with E-state index in [9.17, 15) is 13.2 Å². The van der Waals surface area contributed by atoms with E-state index >= 15 is 0 Å². The van der Waals surface area contributed by atoms with E-state index in [1.54, 1.807) is 49.5 Å². The van der Waals surface area contributed by atoms with Crippen molar-refractivity contribution in [3.8, 4) is 11.4 Å². The zero-order chi connectivity index (χ0) is 21.2. The molecule has 3 rings (SSSR count). The molecule has 0 aliphatic rings. The van der Waals surface area contributed by atoms with Crippen LogP contribution in [0.1, 0.15) is 16.2 Å². The van der Waals surface area contributed by atoms with E-state index in [-0.39, 0.29) is 18.3 Å². The van der Waals surface area contributed by atoms with Crippen molar-refractivity contribution >= 4 is 33.2 Å². The van der Waals surface area contributed by atoms with Gasteiger partial charge in [0.2, 0.25) is 21.7 Å². The van der Waals surface area contributed by atoms with Gasteiger partial charge in [-0.3, -0.25) is 9.10 Å². The van der Waals surface area contributed by atoms with Crippen LogP contribution in [0.4, 0.5) is 5.69 Å². The second-order valence-corrected chi connectivity index (χ2v) is 8.85. The number of hydrogen-bond acceptors (Lipinski definition) is 6. The Morgan fingerprint density at radius 1 is 1.10 bits per heavy atom. The van der Waals surface area contributed by atoms with Gasteiger partial charge < -0.3 is 9.42 Å². The van der Waals surface area contributed by atoms with E-state index in [0.717, 1.165) is 10.6 Å². The summed E-state index contributed by atoms with van der Waals surface area (Å²) in [7, 11) is -0.311. The highest BCUT2D eigenvalue weighted by Crippen LogP contribution is 2.25. The van der Waals surface area contributed by atoms with Gasteiger partial charge >= 0.3 is 0 Å². The molecule has 1 heterocycles. The maximum atomic E-state index is 12.6. The predicted molar refractivity (Wildman–Crippen MR) is 110 cm³/mol. The normalized spacial score (nSPS) is 11.3. The first-order valence-electron chi connectivity index (χ1n) is 8.53. The zero-order valence-corrected chi connectivity index (χ0v) is 17.6. The minimum atomic E-state index is -3.37. The van der Waals surface area contributed by atoms with Crippen LogP contribution in [0.15, 0.2) is 53.1 Å². The number of carbonyl (C=O) groups excluding carboxylic acids is 1. The Labute approximate surface area is 173 Å². The third-order valence-electron chi connectivity index (χ3n) is 4.28. The number of hydrogen-bond donors (Lipinski definition) is 0. The molecule has 0 aliphatic carbocycles. The molecule has 1 aromatic heterocycles. The summed E-state index contributed by atoms with van der Waals surface area (Å²) in [6.45, 7) is 0.112. The summed E-state index contributed by atoms with van der Waals surface area (Å²) in [5, 5.41) is 4.42. The van der Waals surface area contributed by atoms with Gasteiger partial charge in [-0.05, 0) is 36.4 Å². The van der Waals surface area contributed by atoms with Crippen molar-refractivity contribution < 1.29 is 17.7 Å². The van der Waals surface area contributed by atoms with Crippen LogP contribution in [-0.2, 0) is 16.6 Å². The fourth-order valence-corrected chi connectivity index (χ4v) is 3.30. The van der Waals surface area contributed by atoms with Crippen molar-refractivity contribution in [1.82, 2.24) is 15.0 Å². The third-order valence-corrected chi connectivity index (χ3v) is 5.81. The molecule has 2 aromatic carbocycles. The maximum absolute atomic E-state index is 12.6. The summed E-state index contributed by atoms with van der Waals surface area (Å²) in [5.74, 6) is 0.347. The average Bonchev–Trinajstić information content (AvgIpc) is 3.14. The van der Waals surface area contributed by atoms with Crippen molar-refractivity contribution in [1.29, 1.82) is 0 Å². The predicted octanol–water partition coefficient (Wildman–Crippen LogP) is 3.06. The van der Waals surface area contributed by atoms with Gasteiger partial charge in [-0.25, -0.2) is 8.42 Å². The molecule has 0 N–H and O–H groups in total. The molecule has 10 heteroatoms. The standard InChI is InChI=1S/C19H19ClN4O4S/c1-23(12-17-21-18(22-28-17)15-6-4-5-7-16(15)20)19(25)13-8-10-14(11-9-13)24(2)29(3,26)27/h4-11H,12H2,1-3H3. The van der Waals surface area contributed by atoms with Crippen LogP contribution in [0.2, 0.25) is 5.02 Å². The number of halogens is 1. The van der Waals surface area contributed by atoms with Gasteiger partial charge in [0.25, 0.3) is 5.91 Å². The van der Waals surface area contributed by atoms with Gasteiger partial charge in [0.1, 0.15) is 0 Å². The van der Waals surface area contributed by atoms with Crippen molar-refractivity contribution in [2.24, 2.45) is 0 Å². The van der Waals surface area contributed by atoms with E-state index in [1.807, 2.05) is 6.07 Å². The summed E-state index contributed by atoms with van der Waals surface area (Å²) in [4.78, 5) is 18.4. The number of carbonyl (C=O) groups is 1. The first kappa shape index (κ1) is 20.8. The Hall–Kier alpha value is -2.91. The lowest BCUT2D eigenvalue weighted by atomic mass is 10.2. The summed E-state index contributed by atoms with van der Waals surface area (Å²) in [5.41, 5.74) is 1.51. The van der Waals surface area contributed by atoms with E-state index < -0.39 is 10.0 Å². The van der Waals surface area contributed by atoms with E-state index in [0.29, 0.717) is 27.7 Å². The highest BCUT2D eigenvalue weighted by atomic mass is 35.5. The summed E-state index contributed by atoms with van der Waals surface area (Å²) in [6.07, 6.45) is 1.11. The molecule has 0 aliphatic heterocycles. The topological polar surface area (TPSA) is 96.6 Å². The van der Waals surface area contributed by atoms with Crippen molar-refractivity contribution in [2.45, 2.75) is 6.54 Å². The Balaban J connectivity index is 1.71. The van der Waals surface area contributed by atoms with Crippen LogP contribution in [0.3, 0.4) is 0 Å². The van der Waals surface area contributed by atoms with Crippen LogP contribution in [0, 0.1) is 0 Å². The van der Waals surface area contributed by atoms with Gasteiger partial charge in [-0.1, -0.05) is 28.9 Å². The van der Waals surface area contributed by atoms with Crippen LogP contribution >= 0.6 is 11.6 Å². The number of amides is 1. The van der Waals surface area contributed by atoms with E-state index in [1.165, 1.54) is 11.9 Å². The minimum Gasteiger partial charge on any atom is -0.337 e. The quantitative estimate of drug-likeness (QED) is 0.591. The lowest BCUT2D eigenvalue weighted by Crippen LogP contribution is -2.27. The van der Waals surface area contributed by atoms with Crippen LogP contribution in [-0.4, -0.2) is 49.7 Å². The molecule has 0 unspecified atom stereocenters. The smallest absolute Gasteiger partial charge is 0.254 e. The number of sulfonamides is 1. The number of benzene rings is 2. The number of aromatic nitrogens is 2. The molecule has 152 valence electrons. The van der Waals surface area contributed by atoms with Crippen LogP contribution in [0.25, 0.3) is 11.4 Å². The second kappa shape index (κ2) is 8.22. The SMILES string of the molecule is CN(Cc1nc(-c2ccccc2Cl)no1)C(=O)c1ccc(N(C)S(C)(=O)=O)cc1. The number of anilines is 1. The van der Waals surface area contributed by atoms with Crippen molar-refractivity contribution in [3.63, 3.8) is 0 Å². The molecule has 0 spiro atoms. The largest absolute Gasteiger partial charge is 0.337 e. The number of nitrogens with zero attached hydrogens (tertiary/aromatic N) is 4. The summed E-state index contributed by atoms with van der Waals surface area (Å²) >= 11 is 6.14. The lowest BCUT2D eigenvalue weighted by molar-refractivity contribution is 0.0769. The monoisotopic (exact) mass is 434 g/mol. The van der Waals surface area contributed by atoms with Gasteiger partial charge in [-0.2, -0.15) is 4.98 Å².